The van der Waals surface area contributed by atoms with Gasteiger partial charge in [-0.05, 0) is 93.8 Å². The Labute approximate surface area is 323 Å². The van der Waals surface area contributed by atoms with Gasteiger partial charge in [0.15, 0.2) is 0 Å². The van der Waals surface area contributed by atoms with Crippen LogP contribution in [-0.2, 0) is 0 Å². The van der Waals surface area contributed by atoms with Gasteiger partial charge in [0.2, 0.25) is 0 Å². The van der Waals surface area contributed by atoms with Crippen molar-refractivity contribution in [3.8, 4) is 34.1 Å². The smallest absolute Gasteiger partial charge is 0.148 e. The molecule has 1 aromatic heterocycles. The van der Waals surface area contributed by atoms with Gasteiger partial charge in [-0.15, -0.1) is 0 Å². The monoisotopic (exact) mass is 716 g/mol. The lowest BCUT2D eigenvalue weighted by molar-refractivity contribution is 0.477. The van der Waals surface area contributed by atoms with Crippen LogP contribution in [0.25, 0.3) is 28.3 Å². The molecule has 0 amide bonds. The molecule has 0 atom stereocenters. The van der Waals surface area contributed by atoms with Crippen LogP contribution in [0, 0.1) is 0 Å². The van der Waals surface area contributed by atoms with Crippen LogP contribution in [0.4, 0.5) is 22.7 Å². The fraction of sp³-hybridized carbons (Fsp3) is 0.327. The number of phenolic OH excluding ortho intramolecular Hbond substituents is 1. The Morgan fingerprint density at radius 1 is 0.537 bits per heavy atom. The Bertz CT molecular complexity index is 2240. The number of phenols is 1. The Kier molecular flexibility index (Phi) is 10.2. The molecule has 278 valence electrons. The van der Waals surface area contributed by atoms with E-state index in [2.05, 4.69) is 169 Å². The summed E-state index contributed by atoms with van der Waals surface area (Å²) in [5.41, 5.74) is 15.3. The number of benzene rings is 5. The third kappa shape index (κ3) is 6.70. The average Bonchev–Trinajstić information content (AvgIpc) is 3.77. The van der Waals surface area contributed by atoms with E-state index in [1.54, 1.807) is 6.07 Å². The maximum atomic E-state index is 11.2. The van der Waals surface area contributed by atoms with E-state index in [9.17, 15) is 5.11 Å². The minimum absolute atomic E-state index is 0.219. The molecule has 5 aromatic carbocycles. The summed E-state index contributed by atoms with van der Waals surface area (Å²) in [6.07, 6.45) is 2.18. The molecular formula is C49H56N4O. The molecule has 7 rings (SSSR count). The summed E-state index contributed by atoms with van der Waals surface area (Å²) < 4.78 is 2.25. The summed E-state index contributed by atoms with van der Waals surface area (Å²) in [5, 5.41) is 11.2. The predicted octanol–water partition coefficient (Wildman–Crippen LogP) is 13.8. The highest BCUT2D eigenvalue weighted by molar-refractivity contribution is 5.89. The van der Waals surface area contributed by atoms with Gasteiger partial charge in [0.1, 0.15) is 18.2 Å². The van der Waals surface area contributed by atoms with Gasteiger partial charge in [-0.3, -0.25) is 4.57 Å². The number of anilines is 4. The standard InChI is InChI=1S/C49H56N4O/c1-30(2)36-26-41(33(7)8)48(42(27-36)34(9)10)51-28-43(50-49(51)40-19-11-14-24-46(40)54)35-17-15-18-37(25-35)52-29-53(45-23-13-12-22-44(45)52)47-38(31(3)4)20-16-21-39(47)32(5)6/h11-28,30-34,54H,29H2,1-10H3. The number of hydrogen-bond donors (Lipinski definition) is 1. The van der Waals surface area contributed by atoms with Crippen LogP contribution in [0.5, 0.6) is 5.75 Å². The second-order valence-electron chi connectivity index (χ2n) is 16.5. The number of aromatic nitrogens is 2. The maximum absolute atomic E-state index is 11.2. The molecule has 6 aromatic rings. The second-order valence-corrected chi connectivity index (χ2v) is 16.5. The number of para-hydroxylation sites is 4. The van der Waals surface area contributed by atoms with Crippen LogP contribution in [-0.4, -0.2) is 21.3 Å². The van der Waals surface area contributed by atoms with E-state index >= 15 is 0 Å². The molecule has 1 N–H and O–H groups in total. The lowest BCUT2D eigenvalue weighted by Crippen LogP contribution is -2.26. The van der Waals surface area contributed by atoms with Crippen molar-refractivity contribution >= 4 is 22.7 Å². The van der Waals surface area contributed by atoms with Gasteiger partial charge in [0.05, 0.1) is 28.3 Å². The van der Waals surface area contributed by atoms with Crippen molar-refractivity contribution in [1.82, 2.24) is 9.55 Å². The minimum atomic E-state index is 0.219. The normalized spacial score (nSPS) is 13.0. The molecular weight excluding hydrogens is 661 g/mol. The SMILES string of the molecule is CC(C)c1cc(C(C)C)c(-n2cc(-c3cccc(N4CN(c5c(C(C)C)cccc5C(C)C)c5ccccc54)c3)nc2-c2ccccc2O)c(C(C)C)c1. The Morgan fingerprint density at radius 2 is 1.09 bits per heavy atom. The molecule has 5 heteroatoms. The van der Waals surface area contributed by atoms with Gasteiger partial charge in [-0.1, -0.05) is 136 Å². The Morgan fingerprint density at radius 3 is 1.67 bits per heavy atom. The zero-order chi connectivity index (χ0) is 38.4. The molecule has 54 heavy (non-hydrogen) atoms. The van der Waals surface area contributed by atoms with E-state index in [1.807, 2.05) is 18.2 Å². The van der Waals surface area contributed by atoms with Gasteiger partial charge < -0.3 is 14.9 Å². The lowest BCUT2D eigenvalue weighted by atomic mass is 9.87. The van der Waals surface area contributed by atoms with E-state index in [1.165, 1.54) is 44.9 Å². The van der Waals surface area contributed by atoms with E-state index in [-0.39, 0.29) is 17.6 Å². The number of rotatable bonds is 10. The van der Waals surface area contributed by atoms with Crippen LogP contribution < -0.4 is 9.80 Å². The molecule has 0 saturated heterocycles. The summed E-state index contributed by atoms with van der Waals surface area (Å²) in [6, 6.07) is 36.7. The highest BCUT2D eigenvalue weighted by Gasteiger charge is 2.32. The molecule has 0 radical (unpaired) electrons. The third-order valence-electron chi connectivity index (χ3n) is 11.0. The summed E-state index contributed by atoms with van der Waals surface area (Å²) in [4.78, 5) is 10.3. The zero-order valence-corrected chi connectivity index (χ0v) is 33.7. The van der Waals surface area contributed by atoms with Gasteiger partial charge in [0.25, 0.3) is 0 Å². The third-order valence-corrected chi connectivity index (χ3v) is 11.0. The van der Waals surface area contributed by atoms with Gasteiger partial charge >= 0.3 is 0 Å². The molecule has 1 aliphatic heterocycles. The largest absolute Gasteiger partial charge is 0.507 e. The van der Waals surface area contributed by atoms with Crippen molar-refractivity contribution in [3.63, 3.8) is 0 Å². The first-order valence-corrected chi connectivity index (χ1v) is 19.8. The fourth-order valence-corrected chi connectivity index (χ4v) is 8.02. The van der Waals surface area contributed by atoms with Crippen LogP contribution in [0.2, 0.25) is 0 Å². The summed E-state index contributed by atoms with van der Waals surface area (Å²) >= 11 is 0. The zero-order valence-electron chi connectivity index (χ0n) is 33.7. The molecule has 0 unspecified atom stereocenters. The van der Waals surface area contributed by atoms with E-state index < -0.39 is 0 Å². The first kappa shape index (κ1) is 37.0. The van der Waals surface area contributed by atoms with Crippen molar-refractivity contribution in [2.45, 2.75) is 98.8 Å². The molecule has 5 nitrogen and oxygen atoms in total. The topological polar surface area (TPSA) is 44.5 Å². The molecule has 0 saturated carbocycles. The molecule has 0 spiro atoms. The van der Waals surface area contributed by atoms with Gasteiger partial charge in [-0.25, -0.2) is 4.98 Å². The number of nitrogens with zero attached hydrogens (tertiary/aromatic N) is 4. The van der Waals surface area contributed by atoms with Crippen LogP contribution in [0.1, 0.15) is 127 Å². The average molecular weight is 717 g/mol. The quantitative estimate of drug-likeness (QED) is 0.153. The van der Waals surface area contributed by atoms with E-state index in [4.69, 9.17) is 4.98 Å². The van der Waals surface area contributed by atoms with Crippen LogP contribution in [0.15, 0.2) is 109 Å². The minimum Gasteiger partial charge on any atom is -0.507 e. The van der Waals surface area contributed by atoms with Crippen molar-refractivity contribution in [2.24, 2.45) is 0 Å². The fourth-order valence-electron chi connectivity index (χ4n) is 8.02. The van der Waals surface area contributed by atoms with Crippen LogP contribution in [0.3, 0.4) is 0 Å². The van der Waals surface area contributed by atoms with Gasteiger partial charge in [0, 0.05) is 23.1 Å². The molecule has 0 fully saturated rings. The predicted molar refractivity (Wildman–Crippen MR) is 229 cm³/mol. The Hall–Kier alpha value is -5.29. The summed E-state index contributed by atoms with van der Waals surface area (Å²) in [5.74, 6) is 2.73. The lowest BCUT2D eigenvalue weighted by Gasteiger charge is -2.29. The Balaban J connectivity index is 1.39. The molecule has 0 bridgehead atoms. The number of imidazole rings is 1. The number of fused-ring (bicyclic) bond motifs is 1. The highest BCUT2D eigenvalue weighted by Crippen LogP contribution is 2.49. The first-order valence-electron chi connectivity index (χ1n) is 19.8. The molecule has 2 heterocycles. The van der Waals surface area contributed by atoms with Crippen molar-refractivity contribution in [2.75, 3.05) is 16.5 Å². The molecule has 0 aliphatic carbocycles. The van der Waals surface area contributed by atoms with Gasteiger partial charge in [-0.2, -0.15) is 0 Å². The summed E-state index contributed by atoms with van der Waals surface area (Å²) in [7, 11) is 0. The molecule has 1 aliphatic rings. The first-order chi connectivity index (χ1) is 25.8. The maximum Gasteiger partial charge on any atom is 0.148 e. The van der Waals surface area contributed by atoms with Crippen molar-refractivity contribution in [3.05, 3.63) is 137 Å². The number of aromatic hydroxyl groups is 1. The van der Waals surface area contributed by atoms with Crippen molar-refractivity contribution in [1.29, 1.82) is 0 Å². The van der Waals surface area contributed by atoms with Crippen LogP contribution >= 0.6 is 0 Å². The summed E-state index contributed by atoms with van der Waals surface area (Å²) in [6.45, 7) is 23.5. The van der Waals surface area contributed by atoms with E-state index in [0.29, 0.717) is 30.0 Å². The second kappa shape index (κ2) is 14.9. The highest BCUT2D eigenvalue weighted by atomic mass is 16.3. The van der Waals surface area contributed by atoms with E-state index in [0.717, 1.165) is 28.5 Å². The number of hydrogen-bond acceptors (Lipinski definition) is 4. The van der Waals surface area contributed by atoms with Crippen molar-refractivity contribution < 1.29 is 5.11 Å².